The molecule has 11 heteroatoms. The average molecular weight is 395 g/mol. The van der Waals surface area contributed by atoms with Crippen LogP contribution >= 0.6 is 34.9 Å². The number of aromatic nitrogens is 3. The summed E-state index contributed by atoms with van der Waals surface area (Å²) in [5, 5.41) is 22.5. The van der Waals surface area contributed by atoms with E-state index in [1.54, 1.807) is 6.20 Å². The number of fused-ring (bicyclic) bond motifs is 1. The first-order valence-corrected chi connectivity index (χ1v) is 9.24. The second-order valence-electron chi connectivity index (χ2n) is 4.79. The van der Waals surface area contributed by atoms with Crippen LogP contribution in [-0.2, 0) is 4.79 Å². The van der Waals surface area contributed by atoms with Gasteiger partial charge in [0.2, 0.25) is 5.91 Å². The monoisotopic (exact) mass is 394 g/mol. The summed E-state index contributed by atoms with van der Waals surface area (Å²) in [7, 11) is 0. The molecule has 2 N–H and O–H groups in total. The van der Waals surface area contributed by atoms with Crippen molar-refractivity contribution in [1.82, 2.24) is 14.3 Å². The lowest BCUT2D eigenvalue weighted by molar-refractivity contribution is -0.114. The molecule has 1 aromatic carbocycles. The minimum Gasteiger partial charge on any atom is -0.504 e. The van der Waals surface area contributed by atoms with E-state index in [0.29, 0.717) is 26.9 Å². The number of hydrogen-bond acceptors (Lipinski definition) is 9. The maximum atomic E-state index is 11.2. The Morgan fingerprint density at radius 3 is 2.92 bits per heavy atom. The summed E-state index contributed by atoms with van der Waals surface area (Å²) in [6.45, 7) is 1.33. The smallest absolute Gasteiger partial charge is 0.221 e. The minimum atomic E-state index is -0.337. The first kappa shape index (κ1) is 17.5. The first-order chi connectivity index (χ1) is 12.0. The van der Waals surface area contributed by atoms with E-state index in [9.17, 15) is 9.90 Å². The van der Waals surface area contributed by atoms with E-state index in [1.807, 2.05) is 6.26 Å². The number of nitrogens with one attached hydrogen (secondary N) is 1. The number of benzene rings is 1. The predicted molar refractivity (Wildman–Crippen MR) is 98.6 cm³/mol. The van der Waals surface area contributed by atoms with Crippen molar-refractivity contribution in [3.63, 3.8) is 0 Å². The highest BCUT2D eigenvalue weighted by Crippen LogP contribution is 2.37. The van der Waals surface area contributed by atoms with Gasteiger partial charge in [-0.3, -0.25) is 4.79 Å². The maximum absolute atomic E-state index is 11.2. The molecule has 3 rings (SSSR count). The summed E-state index contributed by atoms with van der Waals surface area (Å²) < 4.78 is 4.23. The van der Waals surface area contributed by atoms with Crippen molar-refractivity contribution < 1.29 is 9.90 Å². The number of carbonyl (C=O) groups excluding carboxylic acids is 1. The van der Waals surface area contributed by atoms with Crippen LogP contribution in [0.2, 0.25) is 5.02 Å². The fourth-order valence-electron chi connectivity index (χ4n) is 1.91. The van der Waals surface area contributed by atoms with E-state index in [0.717, 1.165) is 11.5 Å². The zero-order valence-electron chi connectivity index (χ0n) is 13.0. The largest absolute Gasteiger partial charge is 0.504 e. The molecule has 8 nitrogen and oxygen atoms in total. The molecule has 0 aliphatic carbocycles. The molecule has 0 radical (unpaired) electrons. The van der Waals surface area contributed by atoms with E-state index in [-0.39, 0.29) is 22.4 Å². The van der Waals surface area contributed by atoms with Crippen molar-refractivity contribution in [3.05, 3.63) is 23.4 Å². The molecule has 128 valence electrons. The lowest BCUT2D eigenvalue weighted by atomic mass is 10.2. The number of aromatic hydroxyl groups is 1. The number of hydrogen-bond donors (Lipinski definition) is 2. The fraction of sp³-hybridized carbons (Fsp3) is 0.143. The molecule has 0 spiro atoms. The number of azo groups is 1. The van der Waals surface area contributed by atoms with Gasteiger partial charge in [-0.05, 0) is 29.9 Å². The van der Waals surface area contributed by atoms with Crippen molar-refractivity contribution in [2.45, 2.75) is 12.1 Å². The highest BCUT2D eigenvalue weighted by Gasteiger charge is 2.11. The molecule has 1 amide bonds. The van der Waals surface area contributed by atoms with Gasteiger partial charge >= 0.3 is 0 Å². The summed E-state index contributed by atoms with van der Waals surface area (Å²) in [5.74, 6) is -0.562. The van der Waals surface area contributed by atoms with Crippen LogP contribution in [0.5, 0.6) is 5.75 Å². The van der Waals surface area contributed by atoms with Gasteiger partial charge in [-0.2, -0.15) is 4.37 Å². The third-order valence-electron chi connectivity index (χ3n) is 2.99. The topological polar surface area (TPSA) is 113 Å². The number of halogens is 1. The predicted octanol–water partition coefficient (Wildman–Crippen LogP) is 4.54. The van der Waals surface area contributed by atoms with Crippen molar-refractivity contribution in [1.29, 1.82) is 0 Å². The Kier molecular flexibility index (Phi) is 5.11. The van der Waals surface area contributed by atoms with E-state index in [1.165, 1.54) is 30.8 Å². The fourth-order valence-corrected chi connectivity index (χ4v) is 3.10. The average Bonchev–Trinajstić information content (AvgIpc) is 2.99. The molecule has 0 unspecified atom stereocenters. The quantitative estimate of drug-likeness (QED) is 0.290. The highest BCUT2D eigenvalue weighted by molar-refractivity contribution is 7.98. The molecular formula is C14H11ClN6O2S2. The molecule has 0 saturated heterocycles. The van der Waals surface area contributed by atoms with Crippen molar-refractivity contribution >= 4 is 68.2 Å². The second-order valence-corrected chi connectivity index (χ2v) is 6.72. The zero-order valence-corrected chi connectivity index (χ0v) is 15.4. The number of nitrogens with zero attached hydrogens (tertiary/aromatic N) is 5. The molecule has 3 aromatic rings. The SMILES string of the molecule is CSc1ncc2c(N=Nc3cc(Cl)c(O)c(NC(C)=O)c3)snc2n1. The van der Waals surface area contributed by atoms with Crippen molar-refractivity contribution in [3.8, 4) is 5.75 Å². The van der Waals surface area contributed by atoms with Crippen LogP contribution in [0.4, 0.5) is 16.4 Å². The Morgan fingerprint density at radius 1 is 1.40 bits per heavy atom. The Hall–Kier alpha value is -2.30. The van der Waals surface area contributed by atoms with Gasteiger partial charge in [-0.1, -0.05) is 23.4 Å². The van der Waals surface area contributed by atoms with E-state index in [2.05, 4.69) is 29.9 Å². The van der Waals surface area contributed by atoms with Gasteiger partial charge in [0, 0.05) is 13.1 Å². The van der Waals surface area contributed by atoms with E-state index < -0.39 is 0 Å². The number of phenols is 1. The van der Waals surface area contributed by atoms with Gasteiger partial charge in [0.1, 0.15) is 0 Å². The van der Waals surface area contributed by atoms with Crippen LogP contribution in [-0.4, -0.2) is 31.6 Å². The van der Waals surface area contributed by atoms with Crippen LogP contribution < -0.4 is 5.32 Å². The van der Waals surface area contributed by atoms with Crippen LogP contribution in [0.15, 0.2) is 33.7 Å². The van der Waals surface area contributed by atoms with Crippen molar-refractivity contribution in [2.75, 3.05) is 11.6 Å². The van der Waals surface area contributed by atoms with Crippen LogP contribution in [0, 0.1) is 0 Å². The van der Waals surface area contributed by atoms with E-state index >= 15 is 0 Å². The first-order valence-electron chi connectivity index (χ1n) is 6.86. The van der Waals surface area contributed by atoms with Gasteiger partial charge in [-0.15, -0.1) is 10.2 Å². The minimum absolute atomic E-state index is 0.0577. The van der Waals surface area contributed by atoms with Gasteiger partial charge in [0.15, 0.2) is 21.6 Å². The van der Waals surface area contributed by atoms with Gasteiger partial charge in [-0.25, -0.2) is 9.97 Å². The van der Waals surface area contributed by atoms with Crippen LogP contribution in [0.1, 0.15) is 6.92 Å². The van der Waals surface area contributed by atoms with Gasteiger partial charge in [0.25, 0.3) is 0 Å². The number of thioether (sulfide) groups is 1. The molecule has 2 aromatic heterocycles. The zero-order chi connectivity index (χ0) is 18.0. The number of phenolic OH excluding ortho intramolecular Hbond substituents is 1. The molecular weight excluding hydrogens is 384 g/mol. The third-order valence-corrected chi connectivity index (χ3v) is 4.58. The molecule has 25 heavy (non-hydrogen) atoms. The molecule has 0 aliphatic heterocycles. The molecule has 0 atom stereocenters. The van der Waals surface area contributed by atoms with Crippen molar-refractivity contribution in [2.24, 2.45) is 10.2 Å². The summed E-state index contributed by atoms with van der Waals surface area (Å²) in [4.78, 5) is 19.7. The summed E-state index contributed by atoms with van der Waals surface area (Å²) >= 11 is 8.53. The third kappa shape index (κ3) is 3.86. The number of amides is 1. The molecule has 0 saturated carbocycles. The Morgan fingerprint density at radius 2 is 2.20 bits per heavy atom. The number of anilines is 1. The number of rotatable bonds is 4. The summed E-state index contributed by atoms with van der Waals surface area (Å²) in [6, 6.07) is 2.91. The standard InChI is InChI=1S/C14H11ClN6O2S2/c1-6(22)17-10-4-7(3-9(15)11(10)23)19-20-13-8-5-16-14(24-2)18-12(8)21-25-13/h3-5,23H,1-2H3,(H,17,22). The molecule has 2 heterocycles. The Labute approximate surface area is 155 Å². The summed E-state index contributed by atoms with van der Waals surface area (Å²) in [6.07, 6.45) is 3.54. The lowest BCUT2D eigenvalue weighted by Gasteiger charge is -2.07. The number of carbonyl (C=O) groups is 1. The molecule has 0 fully saturated rings. The van der Waals surface area contributed by atoms with Gasteiger partial charge < -0.3 is 10.4 Å². The molecule has 0 bridgehead atoms. The highest BCUT2D eigenvalue weighted by atomic mass is 35.5. The Balaban J connectivity index is 1.94. The normalized spacial score (nSPS) is 11.3. The maximum Gasteiger partial charge on any atom is 0.221 e. The second kappa shape index (κ2) is 7.30. The van der Waals surface area contributed by atoms with Crippen LogP contribution in [0.25, 0.3) is 11.0 Å². The Bertz CT molecular complexity index is 991. The molecule has 0 aliphatic rings. The van der Waals surface area contributed by atoms with Crippen LogP contribution in [0.3, 0.4) is 0 Å². The van der Waals surface area contributed by atoms with E-state index in [4.69, 9.17) is 11.6 Å². The lowest BCUT2D eigenvalue weighted by Crippen LogP contribution is -2.05. The van der Waals surface area contributed by atoms with Gasteiger partial charge in [0.05, 0.1) is 21.8 Å². The summed E-state index contributed by atoms with van der Waals surface area (Å²) in [5.41, 5.74) is 1.09.